The van der Waals surface area contributed by atoms with Crippen LogP contribution in [0.25, 0.3) is 0 Å². The van der Waals surface area contributed by atoms with Crippen LogP contribution >= 0.6 is 0 Å². The molecular weight excluding hydrogens is 386 g/mol. The maximum Gasteiger partial charge on any atom is 0.335 e. The van der Waals surface area contributed by atoms with Crippen molar-refractivity contribution in [2.24, 2.45) is 5.10 Å². The number of hydrogen-bond donors (Lipinski definition) is 2. The Bertz CT molecular complexity index is 1070. The average Bonchev–Trinajstić information content (AvgIpc) is 2.78. The molecule has 3 aromatic rings. The van der Waals surface area contributed by atoms with Gasteiger partial charge in [0.05, 0.1) is 18.9 Å². The first-order valence-corrected chi connectivity index (χ1v) is 8.93. The highest BCUT2D eigenvalue weighted by atomic mass is 16.5. The van der Waals surface area contributed by atoms with Crippen molar-refractivity contribution in [2.45, 2.75) is 6.61 Å². The number of nitrogens with zero attached hydrogens (tertiary/aromatic N) is 2. The van der Waals surface area contributed by atoms with Crippen LogP contribution in [0.5, 0.6) is 11.5 Å². The molecule has 0 saturated carbocycles. The summed E-state index contributed by atoms with van der Waals surface area (Å²) < 4.78 is 11.1. The number of aromatic carboxylic acids is 1. The molecular formula is C22H19N3O5. The summed E-state index contributed by atoms with van der Waals surface area (Å²) in [6.07, 6.45) is 4.54. The van der Waals surface area contributed by atoms with Crippen LogP contribution in [0.3, 0.4) is 0 Å². The summed E-state index contributed by atoms with van der Waals surface area (Å²) in [5.41, 5.74) is 4.51. The van der Waals surface area contributed by atoms with Gasteiger partial charge in [-0.3, -0.25) is 9.78 Å². The summed E-state index contributed by atoms with van der Waals surface area (Å²) in [5.74, 6) is -0.358. The van der Waals surface area contributed by atoms with E-state index in [0.717, 1.165) is 5.56 Å². The molecule has 8 heteroatoms. The van der Waals surface area contributed by atoms with Crippen molar-refractivity contribution in [1.82, 2.24) is 10.4 Å². The second kappa shape index (κ2) is 9.83. The van der Waals surface area contributed by atoms with E-state index in [9.17, 15) is 9.59 Å². The van der Waals surface area contributed by atoms with Crippen molar-refractivity contribution < 1.29 is 24.2 Å². The predicted octanol–water partition coefficient (Wildman–Crippen LogP) is 3.13. The maximum atomic E-state index is 12.0. The van der Waals surface area contributed by atoms with Gasteiger partial charge < -0.3 is 14.6 Å². The highest BCUT2D eigenvalue weighted by molar-refractivity contribution is 5.94. The van der Waals surface area contributed by atoms with Crippen molar-refractivity contribution in [2.75, 3.05) is 7.11 Å². The van der Waals surface area contributed by atoms with E-state index in [4.69, 9.17) is 14.6 Å². The molecule has 0 bridgehead atoms. The van der Waals surface area contributed by atoms with Crippen molar-refractivity contribution in [3.05, 3.63) is 89.2 Å². The number of aromatic nitrogens is 1. The molecule has 0 radical (unpaired) electrons. The van der Waals surface area contributed by atoms with E-state index in [1.165, 1.54) is 31.8 Å². The van der Waals surface area contributed by atoms with Crippen LogP contribution in [0.1, 0.15) is 31.8 Å². The first-order valence-electron chi connectivity index (χ1n) is 8.93. The number of methoxy groups -OCH3 is 1. The Hall–Kier alpha value is -4.20. The maximum absolute atomic E-state index is 12.0. The van der Waals surface area contributed by atoms with Gasteiger partial charge in [0.25, 0.3) is 5.91 Å². The Morgan fingerprint density at radius 3 is 2.60 bits per heavy atom. The normalized spacial score (nSPS) is 10.6. The predicted molar refractivity (Wildman–Crippen MR) is 110 cm³/mol. The first kappa shape index (κ1) is 20.5. The monoisotopic (exact) mass is 405 g/mol. The first-order chi connectivity index (χ1) is 14.6. The summed E-state index contributed by atoms with van der Waals surface area (Å²) in [6.45, 7) is 0.187. The number of nitrogens with one attached hydrogen (secondary N) is 1. The summed E-state index contributed by atoms with van der Waals surface area (Å²) in [6, 6.07) is 14.9. The number of carboxylic acid groups (broad SMARTS) is 1. The molecule has 0 unspecified atom stereocenters. The van der Waals surface area contributed by atoms with Crippen molar-refractivity contribution >= 4 is 18.1 Å². The smallest absolute Gasteiger partial charge is 0.335 e. The number of amides is 1. The van der Waals surface area contributed by atoms with E-state index in [2.05, 4.69) is 15.5 Å². The van der Waals surface area contributed by atoms with Crippen LogP contribution in [0.4, 0.5) is 0 Å². The topological polar surface area (TPSA) is 110 Å². The zero-order valence-electron chi connectivity index (χ0n) is 16.1. The minimum atomic E-state index is -0.992. The van der Waals surface area contributed by atoms with E-state index in [0.29, 0.717) is 22.6 Å². The Balaban J connectivity index is 1.64. The number of hydrazone groups is 1. The third-order valence-electron chi connectivity index (χ3n) is 4.08. The molecule has 30 heavy (non-hydrogen) atoms. The number of pyridine rings is 1. The van der Waals surface area contributed by atoms with Gasteiger partial charge in [0.15, 0.2) is 11.5 Å². The van der Waals surface area contributed by atoms with Crippen LogP contribution in [-0.4, -0.2) is 35.3 Å². The number of carbonyl (C=O) groups excluding carboxylic acids is 1. The highest BCUT2D eigenvalue weighted by Gasteiger charge is 2.08. The molecule has 0 aliphatic rings. The van der Waals surface area contributed by atoms with Crippen LogP contribution in [-0.2, 0) is 6.61 Å². The molecule has 2 N–H and O–H groups in total. The summed E-state index contributed by atoms with van der Waals surface area (Å²) in [7, 11) is 1.51. The number of benzene rings is 2. The lowest BCUT2D eigenvalue weighted by Crippen LogP contribution is -2.17. The zero-order valence-corrected chi connectivity index (χ0v) is 16.1. The Morgan fingerprint density at radius 2 is 1.87 bits per heavy atom. The van der Waals surface area contributed by atoms with E-state index in [-0.39, 0.29) is 18.1 Å². The number of ether oxygens (including phenoxy) is 2. The van der Waals surface area contributed by atoms with Gasteiger partial charge in [-0.25, -0.2) is 10.2 Å². The molecule has 0 aliphatic carbocycles. The molecule has 0 spiro atoms. The Morgan fingerprint density at radius 1 is 1.07 bits per heavy atom. The molecule has 1 amide bonds. The summed E-state index contributed by atoms with van der Waals surface area (Å²) in [4.78, 5) is 26.9. The van der Waals surface area contributed by atoms with Gasteiger partial charge >= 0.3 is 5.97 Å². The fourth-order valence-corrected chi connectivity index (χ4v) is 2.57. The SMILES string of the molecule is COc1cc(C=NNC(=O)c2ccncc2)ccc1OCc1cccc(C(=O)O)c1. The van der Waals surface area contributed by atoms with Gasteiger partial charge in [-0.15, -0.1) is 0 Å². The quantitative estimate of drug-likeness (QED) is 0.440. The molecule has 1 heterocycles. The van der Waals surface area contributed by atoms with Crippen LogP contribution in [0.2, 0.25) is 0 Å². The summed E-state index contributed by atoms with van der Waals surface area (Å²) >= 11 is 0. The standard InChI is InChI=1S/C22H19N3O5/c1-29-20-12-15(13-24-25-21(26)17-7-9-23-10-8-17)5-6-19(20)30-14-16-3-2-4-18(11-16)22(27)28/h2-13H,14H2,1H3,(H,25,26)(H,27,28). The van der Waals surface area contributed by atoms with Crippen LogP contribution in [0, 0.1) is 0 Å². The lowest BCUT2D eigenvalue weighted by molar-refractivity contribution is 0.0696. The van der Waals surface area contributed by atoms with Gasteiger partial charge in [-0.05, 0) is 53.6 Å². The van der Waals surface area contributed by atoms with Crippen molar-refractivity contribution in [3.8, 4) is 11.5 Å². The van der Waals surface area contributed by atoms with Crippen LogP contribution < -0.4 is 14.9 Å². The molecule has 0 aliphatic heterocycles. The number of rotatable bonds is 8. The number of carbonyl (C=O) groups is 2. The van der Waals surface area contributed by atoms with Crippen LogP contribution in [0.15, 0.2) is 72.1 Å². The van der Waals surface area contributed by atoms with Gasteiger partial charge in [-0.1, -0.05) is 12.1 Å². The molecule has 152 valence electrons. The Kier molecular flexibility index (Phi) is 6.73. The fraction of sp³-hybridized carbons (Fsp3) is 0.0909. The highest BCUT2D eigenvalue weighted by Crippen LogP contribution is 2.28. The van der Waals surface area contributed by atoms with E-state index in [1.54, 1.807) is 48.5 Å². The molecule has 0 fully saturated rings. The molecule has 1 aromatic heterocycles. The summed E-state index contributed by atoms with van der Waals surface area (Å²) in [5, 5.41) is 13.0. The molecule has 3 rings (SSSR count). The fourth-order valence-electron chi connectivity index (χ4n) is 2.57. The number of hydrogen-bond acceptors (Lipinski definition) is 6. The third-order valence-corrected chi connectivity index (χ3v) is 4.08. The second-order valence-corrected chi connectivity index (χ2v) is 6.14. The van der Waals surface area contributed by atoms with E-state index >= 15 is 0 Å². The number of carboxylic acids is 1. The molecule has 2 aromatic carbocycles. The molecule has 0 atom stereocenters. The lowest BCUT2D eigenvalue weighted by Gasteiger charge is -2.11. The van der Waals surface area contributed by atoms with E-state index in [1.807, 2.05) is 0 Å². The largest absolute Gasteiger partial charge is 0.493 e. The van der Waals surface area contributed by atoms with Gasteiger partial charge in [0.2, 0.25) is 0 Å². The molecule has 8 nitrogen and oxygen atoms in total. The Labute approximate surface area is 172 Å². The minimum Gasteiger partial charge on any atom is -0.493 e. The van der Waals surface area contributed by atoms with E-state index < -0.39 is 5.97 Å². The average molecular weight is 405 g/mol. The van der Waals surface area contributed by atoms with Crippen molar-refractivity contribution in [3.63, 3.8) is 0 Å². The second-order valence-electron chi connectivity index (χ2n) is 6.14. The van der Waals surface area contributed by atoms with Crippen molar-refractivity contribution in [1.29, 1.82) is 0 Å². The third kappa shape index (κ3) is 5.41. The minimum absolute atomic E-state index is 0.187. The van der Waals surface area contributed by atoms with Gasteiger partial charge in [0, 0.05) is 18.0 Å². The lowest BCUT2D eigenvalue weighted by atomic mass is 10.1. The zero-order chi connectivity index (χ0) is 21.3. The van der Waals surface area contributed by atoms with Gasteiger partial charge in [-0.2, -0.15) is 5.10 Å². The molecule has 0 saturated heterocycles. The van der Waals surface area contributed by atoms with Gasteiger partial charge in [0.1, 0.15) is 6.61 Å².